The summed E-state index contributed by atoms with van der Waals surface area (Å²) >= 11 is 0. The number of fused-ring (bicyclic) bond motifs is 2. The highest BCUT2D eigenvalue weighted by molar-refractivity contribution is 7.89. The summed E-state index contributed by atoms with van der Waals surface area (Å²) < 4.78 is 33.9. The van der Waals surface area contributed by atoms with Gasteiger partial charge in [0.05, 0.1) is 10.6 Å². The lowest BCUT2D eigenvalue weighted by atomic mass is 10.1. The van der Waals surface area contributed by atoms with Crippen LogP contribution in [0.25, 0.3) is 0 Å². The van der Waals surface area contributed by atoms with E-state index >= 15 is 0 Å². The molecular formula is C22H23N3O5S. The lowest BCUT2D eigenvalue weighted by Crippen LogP contribution is -2.47. The molecule has 1 atom stereocenters. The lowest BCUT2D eigenvalue weighted by Gasteiger charge is -2.28. The predicted octanol–water partition coefficient (Wildman–Crippen LogP) is 2.07. The Morgan fingerprint density at radius 3 is 2.84 bits per heavy atom. The third-order valence-electron chi connectivity index (χ3n) is 6.14. The van der Waals surface area contributed by atoms with Crippen LogP contribution in [0, 0.1) is 6.92 Å². The lowest BCUT2D eigenvalue weighted by molar-refractivity contribution is -0.121. The van der Waals surface area contributed by atoms with Crippen molar-refractivity contribution in [1.82, 2.24) is 4.31 Å². The van der Waals surface area contributed by atoms with E-state index in [0.717, 1.165) is 17.7 Å². The first kappa shape index (κ1) is 20.0. The minimum Gasteiger partial charge on any atom is -0.482 e. The van der Waals surface area contributed by atoms with Gasteiger partial charge in [-0.3, -0.25) is 9.59 Å². The number of carbonyl (C=O) groups excluding carboxylic acids is 2. The average molecular weight is 442 g/mol. The number of hydrogen-bond donors (Lipinski definition) is 1. The van der Waals surface area contributed by atoms with Crippen LogP contribution >= 0.6 is 0 Å². The fraction of sp³-hybridized carbons (Fsp3) is 0.364. The molecule has 3 aliphatic rings. The van der Waals surface area contributed by atoms with E-state index in [9.17, 15) is 18.0 Å². The number of anilines is 2. The van der Waals surface area contributed by atoms with E-state index < -0.39 is 16.1 Å². The first-order chi connectivity index (χ1) is 14.9. The third-order valence-corrected chi connectivity index (χ3v) is 8.19. The summed E-state index contributed by atoms with van der Waals surface area (Å²) in [6.07, 6.45) is 1.89. The summed E-state index contributed by atoms with van der Waals surface area (Å²) in [5.74, 6) is -0.136. The zero-order valence-electron chi connectivity index (χ0n) is 17.1. The van der Waals surface area contributed by atoms with Crippen molar-refractivity contribution < 1.29 is 22.7 Å². The highest BCUT2D eigenvalue weighted by Crippen LogP contribution is 2.37. The molecule has 1 saturated heterocycles. The SMILES string of the molecule is Cc1cc2c(cc1S(=O)(=O)N1CCC[C@@H]1C(=O)N1CCc3ccccc31)OCC(=O)N2. The largest absolute Gasteiger partial charge is 0.482 e. The molecule has 1 N–H and O–H groups in total. The molecule has 0 aromatic heterocycles. The first-order valence-electron chi connectivity index (χ1n) is 10.3. The maximum absolute atomic E-state index is 13.6. The predicted molar refractivity (Wildman–Crippen MR) is 115 cm³/mol. The second-order valence-electron chi connectivity index (χ2n) is 8.09. The molecule has 31 heavy (non-hydrogen) atoms. The van der Waals surface area contributed by atoms with E-state index in [1.807, 2.05) is 24.3 Å². The number of rotatable bonds is 3. The van der Waals surface area contributed by atoms with Crippen LogP contribution in [-0.4, -0.2) is 50.3 Å². The molecule has 0 bridgehead atoms. The molecule has 2 aromatic rings. The van der Waals surface area contributed by atoms with E-state index in [1.54, 1.807) is 17.9 Å². The number of nitrogens with zero attached hydrogens (tertiary/aromatic N) is 2. The second kappa shape index (κ2) is 7.35. The number of ether oxygens (including phenoxy) is 1. The Labute approximate surface area is 180 Å². The van der Waals surface area contributed by atoms with Gasteiger partial charge in [0.25, 0.3) is 5.91 Å². The molecule has 8 nitrogen and oxygen atoms in total. The van der Waals surface area contributed by atoms with Crippen LogP contribution < -0.4 is 15.0 Å². The van der Waals surface area contributed by atoms with Crippen LogP contribution in [-0.2, 0) is 26.0 Å². The van der Waals surface area contributed by atoms with Crippen LogP contribution in [0.3, 0.4) is 0 Å². The fourth-order valence-corrected chi connectivity index (χ4v) is 6.52. The van der Waals surface area contributed by atoms with E-state index in [0.29, 0.717) is 42.9 Å². The van der Waals surface area contributed by atoms with E-state index in [2.05, 4.69) is 5.32 Å². The minimum absolute atomic E-state index is 0.101. The van der Waals surface area contributed by atoms with Crippen LogP contribution in [0.5, 0.6) is 5.75 Å². The van der Waals surface area contributed by atoms with Gasteiger partial charge in [0.15, 0.2) is 6.61 Å². The Balaban J connectivity index is 1.47. The van der Waals surface area contributed by atoms with Crippen molar-refractivity contribution in [2.24, 2.45) is 0 Å². The molecule has 2 amide bonds. The number of aryl methyl sites for hydroxylation is 1. The van der Waals surface area contributed by atoms with Gasteiger partial charge in [-0.2, -0.15) is 4.31 Å². The molecule has 3 heterocycles. The molecule has 0 aliphatic carbocycles. The van der Waals surface area contributed by atoms with Crippen molar-refractivity contribution in [1.29, 1.82) is 0 Å². The van der Waals surface area contributed by atoms with E-state index in [-0.39, 0.29) is 23.3 Å². The zero-order chi connectivity index (χ0) is 21.8. The normalized spacial score (nSPS) is 20.7. The molecule has 5 rings (SSSR count). The summed E-state index contributed by atoms with van der Waals surface area (Å²) in [6, 6.07) is 10.1. The van der Waals surface area contributed by atoms with Crippen LogP contribution in [0.2, 0.25) is 0 Å². The Hall–Kier alpha value is -2.91. The van der Waals surface area contributed by atoms with Crippen LogP contribution in [0.4, 0.5) is 11.4 Å². The number of hydrogen-bond acceptors (Lipinski definition) is 5. The Morgan fingerprint density at radius 1 is 1.19 bits per heavy atom. The third kappa shape index (κ3) is 3.28. The topological polar surface area (TPSA) is 96.0 Å². The summed E-state index contributed by atoms with van der Waals surface area (Å²) in [5, 5.41) is 2.69. The highest BCUT2D eigenvalue weighted by atomic mass is 32.2. The van der Waals surface area contributed by atoms with Gasteiger partial charge in [-0.15, -0.1) is 0 Å². The first-order valence-corrected chi connectivity index (χ1v) is 11.8. The second-order valence-corrected chi connectivity index (χ2v) is 9.95. The summed E-state index contributed by atoms with van der Waals surface area (Å²) in [7, 11) is -3.92. The molecule has 1 fully saturated rings. The monoisotopic (exact) mass is 441 g/mol. The van der Waals surface area contributed by atoms with Crippen LogP contribution in [0.15, 0.2) is 41.3 Å². The van der Waals surface area contributed by atoms with Crippen molar-refractivity contribution in [3.8, 4) is 5.75 Å². The quantitative estimate of drug-likeness (QED) is 0.787. The van der Waals surface area contributed by atoms with Gasteiger partial charge >= 0.3 is 0 Å². The van der Waals surface area contributed by atoms with Gasteiger partial charge in [0.2, 0.25) is 15.9 Å². The summed E-state index contributed by atoms with van der Waals surface area (Å²) in [5.41, 5.74) is 2.92. The van der Waals surface area contributed by atoms with Crippen molar-refractivity contribution in [3.05, 3.63) is 47.5 Å². The van der Waals surface area contributed by atoms with E-state index in [1.165, 1.54) is 10.4 Å². The van der Waals surface area contributed by atoms with Crippen LogP contribution in [0.1, 0.15) is 24.0 Å². The molecule has 9 heteroatoms. The van der Waals surface area contributed by atoms with Crippen molar-refractivity contribution in [2.75, 3.05) is 29.9 Å². The molecule has 0 saturated carbocycles. The highest BCUT2D eigenvalue weighted by Gasteiger charge is 2.43. The standard InChI is InChI=1S/C22H23N3O5S/c1-14-11-16-19(30-13-21(26)23-16)12-20(14)31(28,29)25-9-4-7-18(25)22(27)24-10-8-15-5-2-3-6-17(15)24/h2-3,5-6,11-12,18H,4,7-10,13H2,1H3,(H,23,26)/t18-/m1/s1. The van der Waals surface area contributed by atoms with Gasteiger partial charge in [-0.25, -0.2) is 8.42 Å². The number of amides is 2. The molecule has 0 radical (unpaired) electrons. The Kier molecular flexibility index (Phi) is 4.75. The van der Waals surface area contributed by atoms with Crippen molar-refractivity contribution >= 4 is 33.2 Å². The molecule has 162 valence electrons. The van der Waals surface area contributed by atoms with Crippen molar-refractivity contribution in [3.63, 3.8) is 0 Å². The van der Waals surface area contributed by atoms with Gasteiger partial charge in [0, 0.05) is 24.8 Å². The summed E-state index contributed by atoms with van der Waals surface area (Å²) in [6.45, 7) is 2.38. The fourth-order valence-electron chi connectivity index (χ4n) is 4.64. The maximum Gasteiger partial charge on any atom is 0.262 e. The average Bonchev–Trinajstić information content (AvgIpc) is 3.40. The molecule has 2 aromatic carbocycles. The van der Waals surface area contributed by atoms with Gasteiger partial charge < -0.3 is 15.0 Å². The number of nitrogens with one attached hydrogen (secondary N) is 1. The van der Waals surface area contributed by atoms with E-state index in [4.69, 9.17) is 4.74 Å². The van der Waals surface area contributed by atoms with Crippen molar-refractivity contribution in [2.45, 2.75) is 37.1 Å². The van der Waals surface area contributed by atoms with Gasteiger partial charge in [-0.05, 0) is 49.4 Å². The molecule has 3 aliphatic heterocycles. The number of benzene rings is 2. The molecule has 0 spiro atoms. The zero-order valence-corrected chi connectivity index (χ0v) is 17.9. The minimum atomic E-state index is -3.92. The maximum atomic E-state index is 13.6. The number of sulfonamides is 1. The molecular weight excluding hydrogens is 418 g/mol. The number of carbonyl (C=O) groups is 2. The molecule has 0 unspecified atom stereocenters. The number of para-hydroxylation sites is 1. The Morgan fingerprint density at radius 2 is 2.00 bits per heavy atom. The summed E-state index contributed by atoms with van der Waals surface area (Å²) in [4.78, 5) is 26.8. The smallest absolute Gasteiger partial charge is 0.262 e. The van der Waals surface area contributed by atoms with Gasteiger partial charge in [0.1, 0.15) is 11.8 Å². The Bertz CT molecular complexity index is 1190. The van der Waals surface area contributed by atoms with Gasteiger partial charge in [-0.1, -0.05) is 18.2 Å².